The number of fused-ring (bicyclic) bond motifs is 1. The van der Waals surface area contributed by atoms with Gasteiger partial charge < -0.3 is 10.3 Å². The van der Waals surface area contributed by atoms with Crippen molar-refractivity contribution in [3.63, 3.8) is 0 Å². The number of aryl methyl sites for hydroxylation is 1. The molecule has 0 aliphatic heterocycles. The highest BCUT2D eigenvalue weighted by molar-refractivity contribution is 9.10. The molecule has 0 aliphatic rings. The molecule has 0 bridgehead atoms. The molecule has 3 nitrogen and oxygen atoms in total. The molecule has 0 radical (unpaired) electrons. The molecule has 0 unspecified atom stereocenters. The molecule has 1 aromatic heterocycles. The van der Waals surface area contributed by atoms with Crippen LogP contribution in [-0.4, -0.2) is 10.9 Å². The van der Waals surface area contributed by atoms with Crippen molar-refractivity contribution in [3.8, 4) is 0 Å². The van der Waals surface area contributed by atoms with Gasteiger partial charge in [0, 0.05) is 34.1 Å². The summed E-state index contributed by atoms with van der Waals surface area (Å²) in [7, 11) is 0. The van der Waals surface area contributed by atoms with Crippen LogP contribution < -0.4 is 5.32 Å². The Labute approximate surface area is 179 Å². The van der Waals surface area contributed by atoms with Gasteiger partial charge in [-0.1, -0.05) is 82.7 Å². The van der Waals surface area contributed by atoms with Crippen LogP contribution in [0.2, 0.25) is 0 Å². The van der Waals surface area contributed by atoms with Crippen molar-refractivity contribution in [1.29, 1.82) is 0 Å². The highest BCUT2D eigenvalue weighted by Crippen LogP contribution is 2.39. The Hall–Kier alpha value is -2.85. The first-order chi connectivity index (χ1) is 14.1. The van der Waals surface area contributed by atoms with Gasteiger partial charge in [-0.15, -0.1) is 0 Å². The number of halogens is 1. The highest BCUT2D eigenvalue weighted by Gasteiger charge is 2.37. The largest absolute Gasteiger partial charge is 0.361 e. The number of hydrogen-bond acceptors (Lipinski definition) is 1. The molecule has 0 spiro atoms. The van der Waals surface area contributed by atoms with Crippen molar-refractivity contribution in [1.82, 2.24) is 10.3 Å². The zero-order valence-corrected chi connectivity index (χ0v) is 17.9. The number of carbonyl (C=O) groups is 1. The third kappa shape index (κ3) is 3.99. The molecular weight excluding hydrogens is 424 g/mol. The minimum atomic E-state index is -0.630. The number of H-pyrrole nitrogens is 1. The van der Waals surface area contributed by atoms with Gasteiger partial charge in [0.2, 0.25) is 5.91 Å². The predicted octanol–water partition coefficient (Wildman–Crippen LogP) is 5.94. The molecule has 4 heteroatoms. The average molecular weight is 447 g/mol. The van der Waals surface area contributed by atoms with Gasteiger partial charge in [0.25, 0.3) is 0 Å². The van der Waals surface area contributed by atoms with E-state index >= 15 is 0 Å². The van der Waals surface area contributed by atoms with Crippen LogP contribution in [0.25, 0.3) is 10.9 Å². The fourth-order valence-corrected chi connectivity index (χ4v) is 4.45. The Morgan fingerprint density at radius 1 is 1.00 bits per heavy atom. The number of benzene rings is 3. The molecule has 4 aromatic rings. The Morgan fingerprint density at radius 2 is 1.69 bits per heavy atom. The minimum Gasteiger partial charge on any atom is -0.361 e. The van der Waals surface area contributed by atoms with Crippen molar-refractivity contribution in [2.24, 2.45) is 0 Å². The van der Waals surface area contributed by atoms with E-state index < -0.39 is 5.54 Å². The van der Waals surface area contributed by atoms with E-state index in [4.69, 9.17) is 0 Å². The SMILES string of the molecule is CC(=O)N[C@](CCc1ccccc1)(c1ccccc1)c1c[nH]c2cc(Br)ccc12. The lowest BCUT2D eigenvalue weighted by molar-refractivity contribution is -0.120. The number of amides is 1. The van der Waals surface area contributed by atoms with Gasteiger partial charge in [-0.3, -0.25) is 4.79 Å². The van der Waals surface area contributed by atoms with E-state index in [1.165, 1.54) is 5.56 Å². The standard InChI is InChI=1S/C25H23BrN2O/c1-18(29)28-25(20-10-6-3-7-11-20,15-14-19-8-4-2-5-9-19)23-17-27-24-16-21(26)12-13-22(23)24/h2-13,16-17,27H,14-15H2,1H3,(H,28,29)/t25-/m1/s1. The summed E-state index contributed by atoms with van der Waals surface area (Å²) in [4.78, 5) is 15.8. The number of hydrogen-bond donors (Lipinski definition) is 2. The van der Waals surface area contributed by atoms with E-state index in [0.717, 1.165) is 39.3 Å². The first-order valence-corrected chi connectivity index (χ1v) is 10.5. The summed E-state index contributed by atoms with van der Waals surface area (Å²) in [5.74, 6) is -0.0478. The summed E-state index contributed by atoms with van der Waals surface area (Å²) in [5, 5.41) is 4.43. The van der Waals surface area contributed by atoms with E-state index in [-0.39, 0.29) is 5.91 Å². The minimum absolute atomic E-state index is 0.0478. The predicted molar refractivity (Wildman–Crippen MR) is 122 cm³/mol. The lowest BCUT2D eigenvalue weighted by Gasteiger charge is -2.35. The second-order valence-corrected chi connectivity index (χ2v) is 8.25. The molecule has 4 rings (SSSR count). The molecule has 1 atom stereocenters. The van der Waals surface area contributed by atoms with E-state index in [1.807, 2.05) is 36.5 Å². The summed E-state index contributed by atoms with van der Waals surface area (Å²) < 4.78 is 1.02. The molecule has 0 fully saturated rings. The first kappa shape index (κ1) is 19.5. The fraction of sp³-hybridized carbons (Fsp3) is 0.160. The second-order valence-electron chi connectivity index (χ2n) is 7.33. The zero-order valence-electron chi connectivity index (χ0n) is 16.3. The van der Waals surface area contributed by atoms with Gasteiger partial charge in [0.15, 0.2) is 0 Å². The van der Waals surface area contributed by atoms with Crippen LogP contribution in [0.3, 0.4) is 0 Å². The Balaban J connectivity index is 1.89. The molecule has 0 saturated carbocycles. The number of rotatable bonds is 6. The summed E-state index contributed by atoms with van der Waals surface area (Å²) in [5.41, 5.74) is 3.82. The quantitative estimate of drug-likeness (QED) is 0.377. The smallest absolute Gasteiger partial charge is 0.217 e. The van der Waals surface area contributed by atoms with Gasteiger partial charge >= 0.3 is 0 Å². The van der Waals surface area contributed by atoms with Crippen molar-refractivity contribution >= 4 is 32.7 Å². The average Bonchev–Trinajstić information content (AvgIpc) is 3.16. The van der Waals surface area contributed by atoms with Gasteiger partial charge in [0.05, 0.1) is 5.54 Å². The Bertz CT molecular complexity index is 1120. The Morgan fingerprint density at radius 3 is 2.38 bits per heavy atom. The zero-order chi connectivity index (χ0) is 20.3. The molecular formula is C25H23BrN2O. The molecule has 3 aromatic carbocycles. The van der Waals surface area contributed by atoms with Crippen LogP contribution in [0.4, 0.5) is 0 Å². The number of carbonyl (C=O) groups excluding carboxylic acids is 1. The monoisotopic (exact) mass is 446 g/mol. The van der Waals surface area contributed by atoms with E-state index in [1.54, 1.807) is 6.92 Å². The fourth-order valence-electron chi connectivity index (χ4n) is 4.09. The van der Waals surface area contributed by atoms with E-state index in [9.17, 15) is 4.79 Å². The van der Waals surface area contributed by atoms with Crippen molar-refractivity contribution in [2.45, 2.75) is 25.3 Å². The Kier molecular flexibility index (Phi) is 5.54. The molecule has 29 heavy (non-hydrogen) atoms. The number of nitrogens with one attached hydrogen (secondary N) is 2. The number of aromatic amines is 1. The molecule has 0 aliphatic carbocycles. The van der Waals surface area contributed by atoms with E-state index in [2.05, 4.69) is 74.8 Å². The topological polar surface area (TPSA) is 44.9 Å². The van der Waals surface area contributed by atoms with Gasteiger partial charge in [-0.2, -0.15) is 0 Å². The maximum Gasteiger partial charge on any atom is 0.217 e. The van der Waals surface area contributed by atoms with Crippen LogP contribution >= 0.6 is 15.9 Å². The highest BCUT2D eigenvalue weighted by atomic mass is 79.9. The van der Waals surface area contributed by atoms with Crippen LogP contribution in [0, 0.1) is 0 Å². The second kappa shape index (κ2) is 8.26. The summed E-state index contributed by atoms with van der Waals surface area (Å²) >= 11 is 3.55. The van der Waals surface area contributed by atoms with E-state index in [0.29, 0.717) is 0 Å². The maximum atomic E-state index is 12.4. The molecule has 1 heterocycles. The third-order valence-corrected chi connectivity index (χ3v) is 5.88. The summed E-state index contributed by atoms with van der Waals surface area (Å²) in [6, 6.07) is 26.9. The molecule has 146 valence electrons. The van der Waals surface area contributed by atoms with Crippen LogP contribution in [0.1, 0.15) is 30.0 Å². The van der Waals surface area contributed by atoms with Crippen LogP contribution in [-0.2, 0) is 16.8 Å². The lowest BCUT2D eigenvalue weighted by atomic mass is 9.78. The maximum absolute atomic E-state index is 12.4. The number of aromatic nitrogens is 1. The van der Waals surface area contributed by atoms with Crippen LogP contribution in [0.15, 0.2) is 89.5 Å². The van der Waals surface area contributed by atoms with Gasteiger partial charge in [0.1, 0.15) is 0 Å². The summed E-state index contributed by atoms with van der Waals surface area (Å²) in [6.45, 7) is 1.59. The third-order valence-electron chi connectivity index (χ3n) is 5.39. The molecule has 1 amide bonds. The summed E-state index contributed by atoms with van der Waals surface area (Å²) in [6.07, 6.45) is 3.63. The van der Waals surface area contributed by atoms with Crippen molar-refractivity contribution < 1.29 is 4.79 Å². The van der Waals surface area contributed by atoms with Crippen molar-refractivity contribution in [2.75, 3.05) is 0 Å². The van der Waals surface area contributed by atoms with Crippen LogP contribution in [0.5, 0.6) is 0 Å². The van der Waals surface area contributed by atoms with Gasteiger partial charge in [-0.25, -0.2) is 0 Å². The normalized spacial score (nSPS) is 13.2. The van der Waals surface area contributed by atoms with Crippen molar-refractivity contribution in [3.05, 3.63) is 106 Å². The van der Waals surface area contributed by atoms with Gasteiger partial charge in [-0.05, 0) is 36.1 Å². The lowest BCUT2D eigenvalue weighted by Crippen LogP contribution is -2.46. The molecule has 0 saturated heterocycles. The first-order valence-electron chi connectivity index (χ1n) is 9.74. The molecule has 2 N–H and O–H groups in total.